The van der Waals surface area contributed by atoms with E-state index in [1.807, 2.05) is 48.7 Å². The fraction of sp³-hybridized carbons (Fsp3) is 0.136. The highest BCUT2D eigenvalue weighted by atomic mass is 32.1. The summed E-state index contributed by atoms with van der Waals surface area (Å²) in [6.45, 7) is 2.68. The molecule has 3 aromatic heterocycles. The van der Waals surface area contributed by atoms with Gasteiger partial charge in [-0.2, -0.15) is 0 Å². The Kier molecular flexibility index (Phi) is 5.04. The zero-order valence-electron chi connectivity index (χ0n) is 15.5. The monoisotopic (exact) mass is 388 g/mol. The molecule has 4 rings (SSSR count). The molecule has 0 bridgehead atoms. The van der Waals surface area contributed by atoms with Crippen LogP contribution in [0, 0.1) is 6.92 Å². The Bertz CT molecular complexity index is 1100. The third-order valence-corrected chi connectivity index (χ3v) is 5.67. The lowest BCUT2D eigenvalue weighted by Gasteiger charge is -2.11. The molecular weight excluding hydrogens is 368 g/mol. The van der Waals surface area contributed by atoms with Gasteiger partial charge in [-0.25, -0.2) is 4.98 Å². The predicted molar refractivity (Wildman–Crippen MR) is 112 cm³/mol. The number of nitrogens with zero attached hydrogens (tertiary/aromatic N) is 3. The van der Waals surface area contributed by atoms with Crippen molar-refractivity contribution in [2.45, 2.75) is 19.9 Å². The zero-order chi connectivity index (χ0) is 19.5. The van der Waals surface area contributed by atoms with Crippen LogP contribution in [-0.2, 0) is 13.0 Å². The van der Waals surface area contributed by atoms with Crippen molar-refractivity contribution in [2.75, 3.05) is 0 Å². The molecular formula is C22H20N4OS. The molecule has 0 saturated carbocycles. The van der Waals surface area contributed by atoms with Gasteiger partial charge in [-0.1, -0.05) is 30.3 Å². The van der Waals surface area contributed by atoms with Crippen molar-refractivity contribution >= 4 is 17.2 Å². The lowest BCUT2D eigenvalue weighted by Crippen LogP contribution is -2.13. The minimum atomic E-state index is -0.417. The maximum Gasteiger partial charge on any atom is 0.250 e. The van der Waals surface area contributed by atoms with Gasteiger partial charge in [0.15, 0.2) is 0 Å². The van der Waals surface area contributed by atoms with E-state index in [1.165, 1.54) is 5.56 Å². The number of carbonyl (C=O) groups excluding carboxylic acids is 1. The van der Waals surface area contributed by atoms with Gasteiger partial charge >= 0.3 is 0 Å². The van der Waals surface area contributed by atoms with Crippen LogP contribution in [0.15, 0.2) is 66.3 Å². The van der Waals surface area contributed by atoms with Crippen LogP contribution in [0.25, 0.3) is 22.0 Å². The van der Waals surface area contributed by atoms with Crippen molar-refractivity contribution in [3.8, 4) is 22.0 Å². The Morgan fingerprint density at radius 2 is 2.00 bits per heavy atom. The first-order chi connectivity index (χ1) is 13.6. The molecule has 0 fully saturated rings. The molecule has 3 heterocycles. The maximum atomic E-state index is 11.9. The van der Waals surface area contributed by atoms with Gasteiger partial charge in [0, 0.05) is 35.6 Å². The number of rotatable bonds is 6. The van der Waals surface area contributed by atoms with Crippen LogP contribution >= 0.6 is 11.3 Å². The van der Waals surface area contributed by atoms with Crippen LogP contribution in [0.5, 0.6) is 0 Å². The van der Waals surface area contributed by atoms with Crippen molar-refractivity contribution in [1.29, 1.82) is 0 Å². The molecule has 2 N–H and O–H groups in total. The molecule has 0 atom stereocenters. The van der Waals surface area contributed by atoms with Crippen LogP contribution in [0.4, 0.5) is 0 Å². The second-order valence-corrected chi connectivity index (χ2v) is 7.42. The van der Waals surface area contributed by atoms with Crippen molar-refractivity contribution in [3.63, 3.8) is 0 Å². The first kappa shape index (κ1) is 18.1. The molecule has 0 aliphatic rings. The summed E-state index contributed by atoms with van der Waals surface area (Å²) in [5.74, 6) is -0.417. The molecule has 4 aromatic rings. The Morgan fingerprint density at radius 1 is 1.18 bits per heavy atom. The largest absolute Gasteiger partial charge is 0.366 e. The Hall–Kier alpha value is -3.25. The van der Waals surface area contributed by atoms with Crippen molar-refractivity contribution < 1.29 is 4.79 Å². The van der Waals surface area contributed by atoms with Gasteiger partial charge < -0.3 is 10.3 Å². The van der Waals surface area contributed by atoms with Crippen LogP contribution in [0.1, 0.15) is 21.6 Å². The fourth-order valence-corrected chi connectivity index (χ4v) is 4.10. The van der Waals surface area contributed by atoms with Gasteiger partial charge in [0.05, 0.1) is 17.0 Å². The Morgan fingerprint density at radius 3 is 2.71 bits per heavy atom. The minimum absolute atomic E-state index is 0.417. The molecule has 140 valence electrons. The van der Waals surface area contributed by atoms with E-state index in [-0.39, 0.29) is 0 Å². The van der Waals surface area contributed by atoms with E-state index in [2.05, 4.69) is 21.7 Å². The highest BCUT2D eigenvalue weighted by molar-refractivity contribution is 7.13. The second kappa shape index (κ2) is 7.78. The van der Waals surface area contributed by atoms with Crippen LogP contribution < -0.4 is 5.73 Å². The molecule has 6 heteroatoms. The molecule has 0 spiro atoms. The van der Waals surface area contributed by atoms with E-state index >= 15 is 0 Å². The molecule has 5 nitrogen and oxygen atoms in total. The van der Waals surface area contributed by atoms with E-state index in [1.54, 1.807) is 23.7 Å². The highest BCUT2D eigenvalue weighted by Crippen LogP contribution is 2.31. The number of nitrogens with two attached hydrogens (primary N) is 1. The summed E-state index contributed by atoms with van der Waals surface area (Å²) in [4.78, 5) is 20.9. The number of hydrogen-bond donors (Lipinski definition) is 1. The molecule has 0 radical (unpaired) electrons. The van der Waals surface area contributed by atoms with Gasteiger partial charge in [0.1, 0.15) is 5.01 Å². The van der Waals surface area contributed by atoms with Crippen molar-refractivity contribution in [1.82, 2.24) is 14.5 Å². The van der Waals surface area contributed by atoms with E-state index in [0.717, 1.165) is 40.6 Å². The minimum Gasteiger partial charge on any atom is -0.366 e. The lowest BCUT2D eigenvalue weighted by atomic mass is 10.1. The number of amides is 1. The molecule has 0 saturated heterocycles. The van der Waals surface area contributed by atoms with E-state index in [4.69, 9.17) is 10.7 Å². The topological polar surface area (TPSA) is 73.8 Å². The molecule has 0 aliphatic carbocycles. The zero-order valence-corrected chi connectivity index (χ0v) is 16.3. The van der Waals surface area contributed by atoms with Gasteiger partial charge in [0.25, 0.3) is 5.91 Å². The SMILES string of the molecule is Cc1c(C(N)=O)cc(-c2csc(-c3cccnc3)n2)n1CCc1ccccc1. The first-order valence-corrected chi connectivity index (χ1v) is 9.91. The molecule has 28 heavy (non-hydrogen) atoms. The molecule has 1 amide bonds. The maximum absolute atomic E-state index is 11.9. The van der Waals surface area contributed by atoms with Crippen molar-refractivity contribution in [2.24, 2.45) is 5.73 Å². The number of thiazole rings is 1. The third-order valence-electron chi connectivity index (χ3n) is 4.77. The van der Waals surface area contributed by atoms with Crippen LogP contribution in [0.3, 0.4) is 0 Å². The van der Waals surface area contributed by atoms with E-state index in [9.17, 15) is 4.79 Å². The smallest absolute Gasteiger partial charge is 0.250 e. The summed E-state index contributed by atoms with van der Waals surface area (Å²) < 4.78 is 2.13. The average molecular weight is 388 g/mol. The second-order valence-electron chi connectivity index (χ2n) is 6.56. The number of hydrogen-bond acceptors (Lipinski definition) is 4. The average Bonchev–Trinajstić information content (AvgIpc) is 3.33. The third kappa shape index (κ3) is 3.59. The quantitative estimate of drug-likeness (QED) is 0.534. The summed E-state index contributed by atoms with van der Waals surface area (Å²) in [6, 6.07) is 16.0. The molecule has 0 unspecified atom stereocenters. The number of benzene rings is 1. The Labute approximate surface area is 167 Å². The van der Waals surface area contributed by atoms with Gasteiger partial charge in [-0.05, 0) is 37.1 Å². The van der Waals surface area contributed by atoms with Gasteiger partial charge in [0.2, 0.25) is 0 Å². The first-order valence-electron chi connectivity index (χ1n) is 9.03. The van der Waals surface area contributed by atoms with Crippen LogP contribution in [0.2, 0.25) is 0 Å². The normalized spacial score (nSPS) is 10.9. The summed E-state index contributed by atoms with van der Waals surface area (Å²) in [7, 11) is 0. The summed E-state index contributed by atoms with van der Waals surface area (Å²) in [5.41, 5.74) is 11.0. The Balaban J connectivity index is 1.71. The predicted octanol–water partition coefficient (Wildman–Crippen LogP) is 4.32. The van der Waals surface area contributed by atoms with Crippen LogP contribution in [-0.4, -0.2) is 20.4 Å². The summed E-state index contributed by atoms with van der Waals surface area (Å²) in [6.07, 6.45) is 4.41. The van der Waals surface area contributed by atoms with Crippen molar-refractivity contribution in [3.05, 3.63) is 83.1 Å². The number of carbonyl (C=O) groups is 1. The van der Waals surface area contributed by atoms with Gasteiger partial charge in [-0.3, -0.25) is 9.78 Å². The van der Waals surface area contributed by atoms with E-state index < -0.39 is 5.91 Å². The summed E-state index contributed by atoms with van der Waals surface area (Å²) in [5, 5.41) is 2.91. The number of aryl methyl sites for hydroxylation is 1. The lowest BCUT2D eigenvalue weighted by molar-refractivity contribution is 0.0999. The molecule has 0 aliphatic heterocycles. The molecule has 1 aromatic carbocycles. The van der Waals surface area contributed by atoms with Gasteiger partial charge in [-0.15, -0.1) is 11.3 Å². The number of primary amides is 1. The summed E-state index contributed by atoms with van der Waals surface area (Å²) >= 11 is 1.56. The number of pyridine rings is 1. The van der Waals surface area contributed by atoms with E-state index in [0.29, 0.717) is 5.56 Å². The fourth-order valence-electron chi connectivity index (χ4n) is 3.29. The highest BCUT2D eigenvalue weighted by Gasteiger charge is 2.19. The number of aromatic nitrogens is 3. The standard InChI is InChI=1S/C22H20N4OS/c1-15-18(21(23)27)12-20(26(15)11-9-16-6-3-2-4-7-16)19-14-28-22(25-19)17-8-5-10-24-13-17/h2-8,10,12-14H,9,11H2,1H3,(H2,23,27).